The number of thioether (sulfide) groups is 3. The first kappa shape index (κ1) is 14.2. The van der Waals surface area contributed by atoms with Gasteiger partial charge in [-0.05, 0) is 36.3 Å². The fourth-order valence-corrected chi connectivity index (χ4v) is 5.95. The van der Waals surface area contributed by atoms with E-state index in [2.05, 4.69) is 30.5 Å². The quantitative estimate of drug-likeness (QED) is 0.803. The minimum Gasteiger partial charge on any atom is -0.496 e. The number of hydrogen-bond acceptors (Lipinski definition) is 4. The van der Waals surface area contributed by atoms with Crippen LogP contribution in [0.3, 0.4) is 0 Å². The highest BCUT2D eigenvalue weighted by Gasteiger charge is 2.29. The molecule has 0 aliphatic carbocycles. The van der Waals surface area contributed by atoms with E-state index in [1.165, 1.54) is 17.9 Å². The molecule has 18 heavy (non-hydrogen) atoms. The van der Waals surface area contributed by atoms with Crippen LogP contribution in [0, 0.1) is 0 Å². The van der Waals surface area contributed by atoms with Crippen molar-refractivity contribution in [2.75, 3.05) is 24.9 Å². The molecule has 0 spiro atoms. The van der Waals surface area contributed by atoms with Crippen molar-refractivity contribution < 1.29 is 4.74 Å². The fourth-order valence-electron chi connectivity index (χ4n) is 1.81. The van der Waals surface area contributed by atoms with E-state index in [0.717, 1.165) is 11.3 Å². The van der Waals surface area contributed by atoms with E-state index < -0.39 is 0 Å². The van der Waals surface area contributed by atoms with Crippen LogP contribution >= 0.6 is 35.3 Å². The zero-order valence-electron chi connectivity index (χ0n) is 10.7. The first-order valence-electron chi connectivity index (χ1n) is 5.95. The molecule has 1 fully saturated rings. The van der Waals surface area contributed by atoms with Crippen LogP contribution in [0.5, 0.6) is 5.75 Å². The van der Waals surface area contributed by atoms with Crippen LogP contribution in [-0.4, -0.2) is 28.3 Å². The third-order valence-electron chi connectivity index (χ3n) is 2.79. The fraction of sp³-hybridized carbons (Fsp3) is 0.429. The minimum absolute atomic E-state index is 0.180. The zero-order valence-corrected chi connectivity index (χ0v) is 13.2. The number of hydrogen-bond donors (Lipinski definition) is 0. The Hall–Kier alpha value is -0.190. The molecule has 0 unspecified atom stereocenters. The lowest BCUT2D eigenvalue weighted by molar-refractivity contribution is 0.414. The SMILES string of the molecule is COc1ccccc1/C=C/C1(SC)SCCCS1. The van der Waals surface area contributed by atoms with Gasteiger partial charge < -0.3 is 4.74 Å². The van der Waals surface area contributed by atoms with Gasteiger partial charge in [0.25, 0.3) is 0 Å². The van der Waals surface area contributed by atoms with Crippen molar-refractivity contribution in [1.29, 1.82) is 0 Å². The maximum Gasteiger partial charge on any atom is 0.126 e. The molecule has 0 aromatic heterocycles. The van der Waals surface area contributed by atoms with Crippen LogP contribution in [0.2, 0.25) is 0 Å². The van der Waals surface area contributed by atoms with Crippen molar-refractivity contribution in [2.24, 2.45) is 0 Å². The van der Waals surface area contributed by atoms with Crippen LogP contribution < -0.4 is 4.74 Å². The smallest absolute Gasteiger partial charge is 0.126 e. The Morgan fingerprint density at radius 1 is 1.28 bits per heavy atom. The summed E-state index contributed by atoms with van der Waals surface area (Å²) in [4.78, 5) is 0. The van der Waals surface area contributed by atoms with E-state index in [1.54, 1.807) is 7.11 Å². The van der Waals surface area contributed by atoms with Crippen LogP contribution in [0.25, 0.3) is 6.08 Å². The molecule has 1 aromatic carbocycles. The van der Waals surface area contributed by atoms with Crippen molar-refractivity contribution in [3.8, 4) is 5.75 Å². The molecule has 0 bridgehead atoms. The van der Waals surface area contributed by atoms with Crippen molar-refractivity contribution in [3.05, 3.63) is 35.9 Å². The first-order chi connectivity index (χ1) is 8.79. The van der Waals surface area contributed by atoms with E-state index in [0.29, 0.717) is 0 Å². The molecule has 1 aromatic rings. The summed E-state index contributed by atoms with van der Waals surface area (Å²) in [5.41, 5.74) is 1.15. The lowest BCUT2D eigenvalue weighted by Gasteiger charge is -2.31. The maximum atomic E-state index is 5.38. The summed E-state index contributed by atoms with van der Waals surface area (Å²) in [5, 5.41) is 0. The molecular formula is C14H18OS3. The molecule has 4 heteroatoms. The van der Waals surface area contributed by atoms with Gasteiger partial charge >= 0.3 is 0 Å². The van der Waals surface area contributed by atoms with Gasteiger partial charge in [0, 0.05) is 5.56 Å². The third-order valence-corrected chi connectivity index (χ3v) is 7.97. The molecule has 2 rings (SSSR count). The molecule has 98 valence electrons. The van der Waals surface area contributed by atoms with E-state index in [9.17, 15) is 0 Å². The van der Waals surface area contributed by atoms with Gasteiger partial charge in [-0.25, -0.2) is 0 Å². The van der Waals surface area contributed by atoms with Gasteiger partial charge in [-0.3, -0.25) is 0 Å². The first-order valence-corrected chi connectivity index (χ1v) is 9.14. The molecule has 0 radical (unpaired) electrons. The van der Waals surface area contributed by atoms with Crippen LogP contribution in [-0.2, 0) is 0 Å². The number of para-hydroxylation sites is 1. The molecule has 1 aliphatic heterocycles. The molecular weight excluding hydrogens is 280 g/mol. The van der Waals surface area contributed by atoms with Crippen LogP contribution in [0.4, 0.5) is 0 Å². The highest BCUT2D eigenvalue weighted by molar-refractivity contribution is 8.34. The molecule has 0 amide bonds. The largest absolute Gasteiger partial charge is 0.496 e. The summed E-state index contributed by atoms with van der Waals surface area (Å²) in [5.74, 6) is 3.45. The lowest BCUT2D eigenvalue weighted by Crippen LogP contribution is -2.17. The summed E-state index contributed by atoms with van der Waals surface area (Å²) in [7, 11) is 1.72. The van der Waals surface area contributed by atoms with E-state index >= 15 is 0 Å². The Morgan fingerprint density at radius 2 is 2.00 bits per heavy atom. The topological polar surface area (TPSA) is 9.23 Å². The second kappa shape index (κ2) is 6.83. The summed E-state index contributed by atoms with van der Waals surface area (Å²) < 4.78 is 5.56. The third kappa shape index (κ3) is 3.43. The molecule has 1 nitrogen and oxygen atoms in total. The average Bonchev–Trinajstić information content (AvgIpc) is 2.46. The van der Waals surface area contributed by atoms with Crippen molar-refractivity contribution in [2.45, 2.75) is 9.83 Å². The second-order valence-electron chi connectivity index (χ2n) is 3.93. The van der Waals surface area contributed by atoms with Gasteiger partial charge in [-0.2, -0.15) is 0 Å². The zero-order chi connectivity index (χ0) is 12.8. The summed E-state index contributed by atoms with van der Waals surface area (Å²) in [6.07, 6.45) is 8.03. The van der Waals surface area contributed by atoms with Gasteiger partial charge in [-0.1, -0.05) is 24.3 Å². The predicted molar refractivity (Wildman–Crippen MR) is 87.8 cm³/mol. The number of ether oxygens (including phenoxy) is 1. The van der Waals surface area contributed by atoms with Crippen LogP contribution in [0.15, 0.2) is 30.3 Å². The average molecular weight is 298 g/mol. The van der Waals surface area contributed by atoms with E-state index in [1.807, 2.05) is 47.4 Å². The highest BCUT2D eigenvalue weighted by atomic mass is 32.3. The second-order valence-corrected chi connectivity index (χ2v) is 8.44. The summed E-state index contributed by atoms with van der Waals surface area (Å²) in [6, 6.07) is 8.16. The molecule has 0 atom stereocenters. The van der Waals surface area contributed by atoms with Gasteiger partial charge in [0.15, 0.2) is 0 Å². The Labute approximate surface area is 122 Å². The molecule has 1 saturated heterocycles. The van der Waals surface area contributed by atoms with Gasteiger partial charge in [0.2, 0.25) is 0 Å². The van der Waals surface area contributed by atoms with Gasteiger partial charge in [0.1, 0.15) is 9.16 Å². The minimum atomic E-state index is 0.180. The van der Waals surface area contributed by atoms with Crippen molar-refractivity contribution in [3.63, 3.8) is 0 Å². The Kier molecular flexibility index (Phi) is 5.39. The normalized spacial score (nSPS) is 19.0. The lowest BCUT2D eigenvalue weighted by atomic mass is 10.2. The molecule has 1 aliphatic rings. The molecule has 1 heterocycles. The molecule has 0 saturated carbocycles. The van der Waals surface area contributed by atoms with Gasteiger partial charge in [0.05, 0.1) is 7.11 Å². The Bertz CT molecular complexity index is 411. The number of rotatable bonds is 4. The number of methoxy groups -OCH3 is 1. The van der Waals surface area contributed by atoms with Crippen molar-refractivity contribution in [1.82, 2.24) is 0 Å². The van der Waals surface area contributed by atoms with Crippen LogP contribution in [0.1, 0.15) is 12.0 Å². The summed E-state index contributed by atoms with van der Waals surface area (Å²) >= 11 is 6.01. The number of benzene rings is 1. The standard InChI is InChI=1S/C14H18OS3/c1-15-13-7-4-3-6-12(13)8-9-14(16-2)17-10-5-11-18-14/h3-4,6-9H,5,10-11H2,1-2H3/b9-8+. The van der Waals surface area contributed by atoms with Gasteiger partial charge in [-0.15, -0.1) is 35.3 Å². The monoisotopic (exact) mass is 298 g/mol. The predicted octanol–water partition coefficient (Wildman–Crippen LogP) is 4.60. The van der Waals surface area contributed by atoms with Crippen molar-refractivity contribution >= 4 is 41.4 Å². The molecule has 0 N–H and O–H groups in total. The highest BCUT2D eigenvalue weighted by Crippen LogP contribution is 2.50. The summed E-state index contributed by atoms with van der Waals surface area (Å²) in [6.45, 7) is 0. The van der Waals surface area contributed by atoms with E-state index in [4.69, 9.17) is 4.74 Å². The van der Waals surface area contributed by atoms with E-state index in [-0.39, 0.29) is 3.41 Å². The Balaban J connectivity index is 2.17. The maximum absolute atomic E-state index is 5.38. The Morgan fingerprint density at radius 3 is 2.67 bits per heavy atom.